The number of alkyl halides is 1. The minimum atomic E-state index is 0.786. The van der Waals surface area contributed by atoms with Gasteiger partial charge < -0.3 is 4.74 Å². The van der Waals surface area contributed by atoms with E-state index in [0.717, 1.165) is 24.1 Å². The third-order valence-corrected chi connectivity index (χ3v) is 2.89. The lowest BCUT2D eigenvalue weighted by molar-refractivity contribution is 0.316. The lowest BCUT2D eigenvalue weighted by Crippen LogP contribution is -2.00. The van der Waals surface area contributed by atoms with E-state index in [0.29, 0.717) is 0 Å². The Labute approximate surface area is 94.6 Å². The average Bonchev–Trinajstić information content (AvgIpc) is 2.14. The molecule has 0 bridgehead atoms. The SMILES string of the molecule is Cc1cc(C)c(OCCCBr)cc1C. The van der Waals surface area contributed by atoms with Gasteiger partial charge in [0, 0.05) is 5.33 Å². The number of halogens is 1. The summed E-state index contributed by atoms with van der Waals surface area (Å²) >= 11 is 3.39. The van der Waals surface area contributed by atoms with Crippen molar-refractivity contribution in [2.75, 3.05) is 11.9 Å². The second kappa shape index (κ2) is 5.40. The summed E-state index contributed by atoms with van der Waals surface area (Å²) in [4.78, 5) is 0. The molecule has 0 heterocycles. The van der Waals surface area contributed by atoms with Gasteiger partial charge in [-0.3, -0.25) is 0 Å². The molecule has 1 aromatic rings. The van der Waals surface area contributed by atoms with Crippen molar-refractivity contribution in [2.45, 2.75) is 27.2 Å². The molecule has 0 radical (unpaired) electrons. The van der Waals surface area contributed by atoms with E-state index in [-0.39, 0.29) is 0 Å². The maximum absolute atomic E-state index is 5.68. The fourth-order valence-electron chi connectivity index (χ4n) is 1.33. The number of hydrogen-bond donors (Lipinski definition) is 0. The first-order chi connectivity index (χ1) is 6.65. The molecule has 0 aliphatic heterocycles. The quantitative estimate of drug-likeness (QED) is 0.589. The zero-order valence-electron chi connectivity index (χ0n) is 9.06. The maximum atomic E-state index is 5.68. The first kappa shape index (κ1) is 11.6. The Hall–Kier alpha value is -0.500. The molecule has 1 rings (SSSR count). The van der Waals surface area contributed by atoms with Crippen LogP contribution in [0.3, 0.4) is 0 Å². The highest BCUT2D eigenvalue weighted by molar-refractivity contribution is 9.09. The highest BCUT2D eigenvalue weighted by Crippen LogP contribution is 2.22. The summed E-state index contributed by atoms with van der Waals surface area (Å²) in [6.07, 6.45) is 1.05. The molecule has 78 valence electrons. The van der Waals surface area contributed by atoms with Crippen LogP contribution >= 0.6 is 15.9 Å². The zero-order valence-corrected chi connectivity index (χ0v) is 10.6. The van der Waals surface area contributed by atoms with Crippen LogP contribution in [-0.4, -0.2) is 11.9 Å². The predicted octanol–water partition coefficient (Wildman–Crippen LogP) is 3.78. The monoisotopic (exact) mass is 256 g/mol. The molecule has 0 N–H and O–H groups in total. The number of aryl methyl sites for hydroxylation is 3. The van der Waals surface area contributed by atoms with Crippen LogP contribution < -0.4 is 4.74 Å². The Kier molecular flexibility index (Phi) is 4.46. The molecule has 2 heteroatoms. The van der Waals surface area contributed by atoms with Gasteiger partial charge in [0.1, 0.15) is 5.75 Å². The van der Waals surface area contributed by atoms with Gasteiger partial charge in [-0.05, 0) is 49.9 Å². The fourth-order valence-corrected chi connectivity index (χ4v) is 1.56. The van der Waals surface area contributed by atoms with Crippen molar-refractivity contribution in [1.29, 1.82) is 0 Å². The van der Waals surface area contributed by atoms with E-state index in [1.807, 2.05) is 0 Å². The molecule has 0 amide bonds. The Morgan fingerprint density at radius 1 is 1.07 bits per heavy atom. The summed E-state index contributed by atoms with van der Waals surface area (Å²) < 4.78 is 5.68. The van der Waals surface area contributed by atoms with Gasteiger partial charge in [0.25, 0.3) is 0 Å². The van der Waals surface area contributed by atoms with Crippen molar-refractivity contribution < 1.29 is 4.74 Å². The summed E-state index contributed by atoms with van der Waals surface area (Å²) in [5, 5.41) is 0.997. The van der Waals surface area contributed by atoms with Crippen molar-refractivity contribution >= 4 is 15.9 Å². The highest BCUT2D eigenvalue weighted by atomic mass is 79.9. The Morgan fingerprint density at radius 3 is 2.36 bits per heavy atom. The molecular weight excluding hydrogens is 240 g/mol. The van der Waals surface area contributed by atoms with Crippen molar-refractivity contribution in [3.05, 3.63) is 28.8 Å². The number of ether oxygens (including phenoxy) is 1. The summed E-state index contributed by atoms with van der Waals surface area (Å²) in [5.74, 6) is 1.02. The lowest BCUT2D eigenvalue weighted by atomic mass is 10.1. The van der Waals surface area contributed by atoms with Crippen molar-refractivity contribution in [1.82, 2.24) is 0 Å². The van der Waals surface area contributed by atoms with Crippen LogP contribution in [0.1, 0.15) is 23.1 Å². The second-order valence-corrected chi connectivity index (χ2v) is 4.39. The summed E-state index contributed by atoms with van der Waals surface area (Å²) in [6.45, 7) is 7.13. The topological polar surface area (TPSA) is 9.23 Å². The second-order valence-electron chi connectivity index (χ2n) is 3.59. The molecule has 14 heavy (non-hydrogen) atoms. The van der Waals surface area contributed by atoms with E-state index in [1.165, 1.54) is 16.7 Å². The van der Waals surface area contributed by atoms with Crippen molar-refractivity contribution in [2.24, 2.45) is 0 Å². The van der Waals surface area contributed by atoms with E-state index >= 15 is 0 Å². The third kappa shape index (κ3) is 3.02. The minimum absolute atomic E-state index is 0.786. The first-order valence-corrected chi connectivity index (χ1v) is 6.04. The van der Waals surface area contributed by atoms with Crippen LogP contribution in [0.25, 0.3) is 0 Å². The first-order valence-electron chi connectivity index (χ1n) is 4.91. The molecular formula is C12H17BrO. The van der Waals surface area contributed by atoms with Gasteiger partial charge in [0.05, 0.1) is 6.61 Å². The van der Waals surface area contributed by atoms with Crippen molar-refractivity contribution in [3.63, 3.8) is 0 Å². The van der Waals surface area contributed by atoms with Gasteiger partial charge in [-0.25, -0.2) is 0 Å². The van der Waals surface area contributed by atoms with Gasteiger partial charge in [-0.1, -0.05) is 22.0 Å². The molecule has 0 saturated carbocycles. The standard InChI is InChI=1S/C12H17BrO/c1-9-7-11(3)12(8-10(9)2)14-6-4-5-13/h7-8H,4-6H2,1-3H3. The zero-order chi connectivity index (χ0) is 10.6. The normalized spacial score (nSPS) is 10.3. The smallest absolute Gasteiger partial charge is 0.122 e. The van der Waals surface area contributed by atoms with Gasteiger partial charge in [0.15, 0.2) is 0 Å². The third-order valence-electron chi connectivity index (χ3n) is 2.33. The van der Waals surface area contributed by atoms with E-state index in [1.54, 1.807) is 0 Å². The van der Waals surface area contributed by atoms with E-state index in [4.69, 9.17) is 4.74 Å². The average molecular weight is 257 g/mol. The minimum Gasteiger partial charge on any atom is -0.493 e. The molecule has 0 aliphatic carbocycles. The Bertz CT molecular complexity index is 307. The predicted molar refractivity (Wildman–Crippen MR) is 64.6 cm³/mol. The fraction of sp³-hybridized carbons (Fsp3) is 0.500. The maximum Gasteiger partial charge on any atom is 0.122 e. The number of rotatable bonds is 4. The number of hydrogen-bond acceptors (Lipinski definition) is 1. The van der Waals surface area contributed by atoms with Crippen LogP contribution in [-0.2, 0) is 0 Å². The van der Waals surface area contributed by atoms with Gasteiger partial charge in [-0.2, -0.15) is 0 Å². The van der Waals surface area contributed by atoms with Crippen molar-refractivity contribution in [3.8, 4) is 5.75 Å². The van der Waals surface area contributed by atoms with E-state index in [2.05, 4.69) is 48.8 Å². The van der Waals surface area contributed by atoms with Crippen LogP contribution in [0, 0.1) is 20.8 Å². The Balaban J connectivity index is 2.72. The number of benzene rings is 1. The van der Waals surface area contributed by atoms with E-state index < -0.39 is 0 Å². The molecule has 0 unspecified atom stereocenters. The molecule has 0 spiro atoms. The highest BCUT2D eigenvalue weighted by Gasteiger charge is 2.02. The summed E-state index contributed by atoms with van der Waals surface area (Å²) in [7, 11) is 0. The lowest BCUT2D eigenvalue weighted by Gasteiger charge is -2.11. The van der Waals surface area contributed by atoms with Crippen LogP contribution in [0.2, 0.25) is 0 Å². The van der Waals surface area contributed by atoms with Crippen LogP contribution in [0.4, 0.5) is 0 Å². The molecule has 1 aromatic carbocycles. The van der Waals surface area contributed by atoms with Gasteiger partial charge in [-0.15, -0.1) is 0 Å². The Morgan fingerprint density at radius 2 is 1.71 bits per heavy atom. The van der Waals surface area contributed by atoms with Crippen LogP contribution in [0.5, 0.6) is 5.75 Å². The summed E-state index contributed by atoms with van der Waals surface area (Å²) in [6, 6.07) is 4.30. The largest absolute Gasteiger partial charge is 0.493 e. The molecule has 1 nitrogen and oxygen atoms in total. The molecule has 0 aliphatic rings. The molecule has 0 saturated heterocycles. The molecule has 0 fully saturated rings. The summed E-state index contributed by atoms with van der Waals surface area (Å²) in [5.41, 5.74) is 3.85. The molecule has 0 aromatic heterocycles. The van der Waals surface area contributed by atoms with E-state index in [9.17, 15) is 0 Å². The van der Waals surface area contributed by atoms with Crippen LogP contribution in [0.15, 0.2) is 12.1 Å². The van der Waals surface area contributed by atoms with Gasteiger partial charge >= 0.3 is 0 Å². The molecule has 0 atom stereocenters. The van der Waals surface area contributed by atoms with Gasteiger partial charge in [0.2, 0.25) is 0 Å².